The number of nitrogens with two attached hydrogens (primary N) is 2. The Balaban J connectivity index is 3.28. The number of carbonyl (C=O) groups is 2. The fourth-order valence-corrected chi connectivity index (χ4v) is 2.05. The second-order valence-electron chi connectivity index (χ2n) is 3.35. The molecular weight excluding hydrogens is 326 g/mol. The van der Waals surface area contributed by atoms with Crippen LogP contribution < -0.4 is 16.2 Å². The standard InChI is InChI=1S/C9H10BrN3O4S/c10-4-18(16,17)13-7-2-5(8(11)14)1-6(3-7)9(12)15/h1-3,13H,4H2,(H2,11,14)(H2,12,15). The number of amides is 2. The second kappa shape index (κ2) is 5.36. The van der Waals surface area contributed by atoms with Crippen molar-refractivity contribution in [2.24, 2.45) is 11.5 Å². The van der Waals surface area contributed by atoms with Gasteiger partial charge in [-0.25, -0.2) is 8.42 Å². The Hall–Kier alpha value is -1.61. The number of halogens is 1. The topological polar surface area (TPSA) is 132 Å². The van der Waals surface area contributed by atoms with Crippen molar-refractivity contribution in [1.29, 1.82) is 0 Å². The summed E-state index contributed by atoms with van der Waals surface area (Å²) in [5.74, 6) is -1.59. The van der Waals surface area contributed by atoms with Gasteiger partial charge in [-0.15, -0.1) is 0 Å². The molecule has 0 bridgehead atoms. The summed E-state index contributed by atoms with van der Waals surface area (Å²) in [6.07, 6.45) is 0. The quantitative estimate of drug-likeness (QED) is 0.652. The fraction of sp³-hybridized carbons (Fsp3) is 0.111. The Kier molecular flexibility index (Phi) is 4.30. The van der Waals surface area contributed by atoms with Crippen molar-refractivity contribution in [1.82, 2.24) is 0 Å². The smallest absolute Gasteiger partial charge is 0.248 e. The Labute approximate surface area is 112 Å². The fourth-order valence-electron chi connectivity index (χ4n) is 1.18. The number of alkyl halides is 1. The molecule has 0 unspecified atom stereocenters. The van der Waals surface area contributed by atoms with Crippen LogP contribution >= 0.6 is 15.9 Å². The number of nitrogens with one attached hydrogen (secondary N) is 1. The van der Waals surface area contributed by atoms with E-state index < -0.39 is 21.8 Å². The molecular formula is C9H10BrN3O4S. The number of benzene rings is 1. The van der Waals surface area contributed by atoms with Gasteiger partial charge >= 0.3 is 0 Å². The number of sulfonamides is 1. The molecule has 1 aromatic carbocycles. The molecule has 0 aliphatic carbocycles. The van der Waals surface area contributed by atoms with Gasteiger partial charge in [0.2, 0.25) is 21.8 Å². The van der Waals surface area contributed by atoms with E-state index in [0.29, 0.717) is 0 Å². The van der Waals surface area contributed by atoms with Crippen molar-refractivity contribution in [3.8, 4) is 0 Å². The third kappa shape index (κ3) is 3.70. The summed E-state index contributed by atoms with van der Waals surface area (Å²) in [6, 6.07) is 3.63. The first-order valence-corrected chi connectivity index (χ1v) is 7.33. The average Bonchev–Trinajstić information content (AvgIpc) is 2.27. The molecule has 0 aliphatic rings. The molecule has 0 saturated heterocycles. The van der Waals surface area contributed by atoms with Gasteiger partial charge in [0.25, 0.3) is 0 Å². The first kappa shape index (κ1) is 14.5. The highest BCUT2D eigenvalue weighted by Crippen LogP contribution is 2.16. The highest BCUT2D eigenvalue weighted by atomic mass is 79.9. The van der Waals surface area contributed by atoms with Crippen LogP contribution in [0, 0.1) is 0 Å². The summed E-state index contributed by atoms with van der Waals surface area (Å²) in [6.45, 7) is 0. The van der Waals surface area contributed by atoms with Crippen LogP contribution in [-0.4, -0.2) is 24.9 Å². The number of carbonyl (C=O) groups excluding carboxylic acids is 2. The summed E-state index contributed by atoms with van der Waals surface area (Å²) in [5, 5.41) is 0. The summed E-state index contributed by atoms with van der Waals surface area (Å²) in [5.41, 5.74) is 10.2. The summed E-state index contributed by atoms with van der Waals surface area (Å²) in [4.78, 5) is 22.1. The maximum atomic E-state index is 11.3. The average molecular weight is 336 g/mol. The largest absolute Gasteiger partial charge is 0.366 e. The molecule has 1 rings (SSSR count). The number of hydrogen-bond donors (Lipinski definition) is 3. The molecule has 0 spiro atoms. The van der Waals surface area contributed by atoms with Crippen molar-refractivity contribution in [3.05, 3.63) is 29.3 Å². The molecule has 18 heavy (non-hydrogen) atoms. The van der Waals surface area contributed by atoms with E-state index in [1.807, 2.05) is 0 Å². The highest BCUT2D eigenvalue weighted by molar-refractivity contribution is 9.10. The zero-order valence-electron chi connectivity index (χ0n) is 9.01. The van der Waals surface area contributed by atoms with Crippen LogP contribution in [-0.2, 0) is 10.0 Å². The van der Waals surface area contributed by atoms with E-state index in [4.69, 9.17) is 11.5 Å². The lowest BCUT2D eigenvalue weighted by Gasteiger charge is -2.08. The second-order valence-corrected chi connectivity index (χ2v) is 6.38. The molecule has 98 valence electrons. The molecule has 0 saturated carbocycles. The summed E-state index contributed by atoms with van der Waals surface area (Å²) < 4.78 is 24.5. The van der Waals surface area contributed by atoms with E-state index in [-0.39, 0.29) is 21.5 Å². The Bertz CT molecular complexity index is 568. The zero-order chi connectivity index (χ0) is 13.9. The summed E-state index contributed by atoms with van der Waals surface area (Å²) in [7, 11) is -3.60. The van der Waals surface area contributed by atoms with Gasteiger partial charge < -0.3 is 11.5 Å². The van der Waals surface area contributed by atoms with Crippen molar-refractivity contribution in [2.75, 3.05) is 9.38 Å². The number of hydrogen-bond acceptors (Lipinski definition) is 4. The van der Waals surface area contributed by atoms with Gasteiger partial charge in [-0.1, -0.05) is 15.9 Å². The molecule has 0 radical (unpaired) electrons. The molecule has 0 aromatic heterocycles. The molecule has 7 nitrogen and oxygen atoms in total. The van der Waals surface area contributed by atoms with E-state index in [9.17, 15) is 18.0 Å². The predicted molar refractivity (Wildman–Crippen MR) is 69.8 cm³/mol. The van der Waals surface area contributed by atoms with Crippen molar-refractivity contribution >= 4 is 43.5 Å². The van der Waals surface area contributed by atoms with Gasteiger partial charge in [-0.2, -0.15) is 0 Å². The van der Waals surface area contributed by atoms with Gasteiger partial charge in [-0.3, -0.25) is 14.3 Å². The maximum Gasteiger partial charge on any atom is 0.248 e. The first-order chi connectivity index (χ1) is 8.25. The molecule has 0 atom stereocenters. The van der Waals surface area contributed by atoms with Gasteiger partial charge in [-0.05, 0) is 18.2 Å². The molecule has 9 heteroatoms. The Morgan fingerprint density at radius 3 is 1.89 bits per heavy atom. The van der Waals surface area contributed by atoms with Crippen LogP contribution in [0.2, 0.25) is 0 Å². The Morgan fingerprint density at radius 2 is 1.56 bits per heavy atom. The minimum absolute atomic E-state index is 0.0152. The number of primary amides is 2. The van der Waals surface area contributed by atoms with E-state index in [2.05, 4.69) is 20.7 Å². The minimum atomic E-state index is -3.60. The van der Waals surface area contributed by atoms with E-state index in [1.54, 1.807) is 0 Å². The SMILES string of the molecule is NC(=O)c1cc(NS(=O)(=O)CBr)cc(C(N)=O)c1. The normalized spacial score (nSPS) is 10.9. The monoisotopic (exact) mass is 335 g/mol. The van der Waals surface area contributed by atoms with Gasteiger partial charge in [0.1, 0.15) is 4.66 Å². The third-order valence-electron chi connectivity index (χ3n) is 1.92. The molecule has 2 amide bonds. The van der Waals surface area contributed by atoms with Crippen LogP contribution in [0.4, 0.5) is 5.69 Å². The van der Waals surface area contributed by atoms with Crippen LogP contribution in [0.1, 0.15) is 20.7 Å². The van der Waals surface area contributed by atoms with E-state index in [0.717, 1.165) is 0 Å². The first-order valence-electron chi connectivity index (χ1n) is 4.56. The highest BCUT2D eigenvalue weighted by Gasteiger charge is 2.13. The van der Waals surface area contributed by atoms with Gasteiger partial charge in [0.05, 0.1) is 5.69 Å². The van der Waals surface area contributed by atoms with Gasteiger partial charge in [0.15, 0.2) is 0 Å². The summed E-state index contributed by atoms with van der Waals surface area (Å²) >= 11 is 2.79. The zero-order valence-corrected chi connectivity index (χ0v) is 11.4. The number of anilines is 1. The van der Waals surface area contributed by atoms with E-state index in [1.165, 1.54) is 18.2 Å². The predicted octanol–water partition coefficient (Wildman–Crippen LogP) is -0.0215. The van der Waals surface area contributed by atoms with Crippen LogP contribution in [0.15, 0.2) is 18.2 Å². The van der Waals surface area contributed by atoms with Crippen LogP contribution in [0.5, 0.6) is 0 Å². The lowest BCUT2D eigenvalue weighted by Crippen LogP contribution is -2.18. The lowest BCUT2D eigenvalue weighted by molar-refractivity contribution is 0.0999. The maximum absolute atomic E-state index is 11.3. The molecule has 0 fully saturated rings. The van der Waals surface area contributed by atoms with Gasteiger partial charge in [0, 0.05) is 11.1 Å². The minimum Gasteiger partial charge on any atom is -0.366 e. The van der Waals surface area contributed by atoms with Crippen LogP contribution in [0.3, 0.4) is 0 Å². The van der Waals surface area contributed by atoms with E-state index >= 15 is 0 Å². The van der Waals surface area contributed by atoms with Crippen molar-refractivity contribution in [2.45, 2.75) is 0 Å². The molecule has 0 heterocycles. The van der Waals surface area contributed by atoms with Crippen LogP contribution in [0.25, 0.3) is 0 Å². The third-order valence-corrected chi connectivity index (χ3v) is 4.56. The molecule has 0 aliphatic heterocycles. The lowest BCUT2D eigenvalue weighted by atomic mass is 10.1. The number of rotatable bonds is 5. The Morgan fingerprint density at radius 1 is 1.11 bits per heavy atom. The van der Waals surface area contributed by atoms with Crippen molar-refractivity contribution < 1.29 is 18.0 Å². The molecule has 1 aromatic rings. The molecule has 5 N–H and O–H groups in total. The van der Waals surface area contributed by atoms with Crippen molar-refractivity contribution in [3.63, 3.8) is 0 Å².